The van der Waals surface area contributed by atoms with Crippen LogP contribution < -0.4 is 4.90 Å². The maximum atomic E-state index is 12.1. The zero-order valence-electron chi connectivity index (χ0n) is 12.0. The van der Waals surface area contributed by atoms with Crippen LogP contribution in [0.5, 0.6) is 0 Å². The zero-order chi connectivity index (χ0) is 15.6. The van der Waals surface area contributed by atoms with Crippen molar-refractivity contribution >= 4 is 45.2 Å². The number of aryl methyl sites for hydroxylation is 1. The Labute approximate surface area is 130 Å². The summed E-state index contributed by atoms with van der Waals surface area (Å²) in [5.41, 5.74) is 0.566. The lowest BCUT2D eigenvalue weighted by atomic mass is 10.1. The van der Waals surface area contributed by atoms with Gasteiger partial charge < -0.3 is 4.74 Å². The first-order valence-corrected chi connectivity index (χ1v) is 8.22. The molecule has 1 aromatic heterocycles. The van der Waals surface area contributed by atoms with E-state index in [4.69, 9.17) is 4.74 Å². The van der Waals surface area contributed by atoms with Gasteiger partial charge in [0, 0.05) is 25.6 Å². The Bertz CT molecular complexity index is 585. The van der Waals surface area contributed by atoms with Crippen LogP contribution in [0.15, 0.2) is 0 Å². The summed E-state index contributed by atoms with van der Waals surface area (Å²) in [5.74, 6) is 0.310. The Balaban J connectivity index is 2.10. The van der Waals surface area contributed by atoms with Crippen LogP contribution in [-0.2, 0) is 14.3 Å². The number of carbonyl (C=O) groups is 3. The highest BCUT2D eigenvalue weighted by molar-refractivity contribution is 8.13. The molecular formula is C13H16N2O4S2. The molecule has 2 rings (SSSR count). The van der Waals surface area contributed by atoms with E-state index in [1.54, 1.807) is 11.8 Å². The highest BCUT2D eigenvalue weighted by atomic mass is 32.2. The van der Waals surface area contributed by atoms with Gasteiger partial charge in [0.2, 0.25) is 5.91 Å². The second kappa shape index (κ2) is 6.57. The second-order valence-electron chi connectivity index (χ2n) is 4.78. The molecule has 1 unspecified atom stereocenters. The Morgan fingerprint density at radius 1 is 1.52 bits per heavy atom. The summed E-state index contributed by atoms with van der Waals surface area (Å²) in [6.07, 6.45) is 0.409. The van der Waals surface area contributed by atoms with E-state index in [1.807, 2.05) is 0 Å². The maximum Gasteiger partial charge on any atom is 0.350 e. The molecule has 0 spiro atoms. The topological polar surface area (TPSA) is 76.6 Å². The summed E-state index contributed by atoms with van der Waals surface area (Å²) in [6, 6.07) is 0. The van der Waals surface area contributed by atoms with Crippen molar-refractivity contribution in [3.8, 4) is 0 Å². The van der Waals surface area contributed by atoms with E-state index in [0.717, 1.165) is 0 Å². The van der Waals surface area contributed by atoms with Crippen LogP contribution in [0.1, 0.15) is 28.7 Å². The van der Waals surface area contributed by atoms with Gasteiger partial charge in [-0.3, -0.25) is 14.5 Å². The molecule has 0 aromatic carbocycles. The molecular weight excluding hydrogens is 312 g/mol. The SMILES string of the molecule is COC(=O)c1sc(N2CC(CSC(C)=O)CC2=O)nc1C. The molecule has 8 heteroatoms. The third kappa shape index (κ3) is 3.62. The number of amides is 1. The number of methoxy groups -OCH3 is 1. The largest absolute Gasteiger partial charge is 0.465 e. The highest BCUT2D eigenvalue weighted by Crippen LogP contribution is 2.32. The van der Waals surface area contributed by atoms with Gasteiger partial charge in [-0.15, -0.1) is 0 Å². The third-order valence-corrected chi connectivity index (χ3v) is 5.32. The van der Waals surface area contributed by atoms with Gasteiger partial charge in [0.05, 0.1) is 12.8 Å². The lowest BCUT2D eigenvalue weighted by Gasteiger charge is -2.12. The van der Waals surface area contributed by atoms with Gasteiger partial charge in [-0.1, -0.05) is 23.1 Å². The summed E-state index contributed by atoms with van der Waals surface area (Å²) < 4.78 is 4.69. The van der Waals surface area contributed by atoms with Crippen molar-refractivity contribution in [2.45, 2.75) is 20.3 Å². The van der Waals surface area contributed by atoms with E-state index in [-0.39, 0.29) is 16.9 Å². The molecule has 0 bridgehead atoms. The van der Waals surface area contributed by atoms with Crippen molar-refractivity contribution in [2.24, 2.45) is 5.92 Å². The number of nitrogens with zero attached hydrogens (tertiary/aromatic N) is 2. The molecule has 1 aliphatic heterocycles. The fourth-order valence-electron chi connectivity index (χ4n) is 2.09. The van der Waals surface area contributed by atoms with E-state index in [2.05, 4.69) is 4.98 Å². The standard InChI is InChI=1S/C13H16N2O4S2/c1-7-11(12(18)19-3)21-13(14-7)15-5-9(4-10(15)17)6-20-8(2)16/h9H,4-6H2,1-3H3. The first-order chi connectivity index (χ1) is 9.92. The van der Waals surface area contributed by atoms with Gasteiger partial charge >= 0.3 is 5.97 Å². The molecule has 1 amide bonds. The average molecular weight is 328 g/mol. The van der Waals surface area contributed by atoms with Crippen molar-refractivity contribution in [3.63, 3.8) is 0 Å². The summed E-state index contributed by atoms with van der Waals surface area (Å²) in [6.45, 7) is 3.77. The summed E-state index contributed by atoms with van der Waals surface area (Å²) in [4.78, 5) is 41.0. The molecule has 0 radical (unpaired) electrons. The highest BCUT2D eigenvalue weighted by Gasteiger charge is 2.33. The molecule has 1 aliphatic rings. The van der Waals surface area contributed by atoms with E-state index in [9.17, 15) is 14.4 Å². The van der Waals surface area contributed by atoms with Crippen LogP contribution in [-0.4, -0.2) is 41.4 Å². The van der Waals surface area contributed by atoms with E-state index < -0.39 is 5.97 Å². The number of anilines is 1. The minimum absolute atomic E-state index is 0.0192. The van der Waals surface area contributed by atoms with Crippen molar-refractivity contribution in [1.29, 1.82) is 0 Å². The molecule has 114 valence electrons. The number of hydrogen-bond acceptors (Lipinski definition) is 7. The van der Waals surface area contributed by atoms with Gasteiger partial charge in [0.15, 0.2) is 10.2 Å². The van der Waals surface area contributed by atoms with Crippen molar-refractivity contribution < 1.29 is 19.1 Å². The first-order valence-electron chi connectivity index (χ1n) is 6.41. The smallest absolute Gasteiger partial charge is 0.350 e. The lowest BCUT2D eigenvalue weighted by Crippen LogP contribution is -2.24. The van der Waals surface area contributed by atoms with Crippen molar-refractivity contribution in [3.05, 3.63) is 10.6 Å². The number of ether oxygens (including phenoxy) is 1. The minimum atomic E-state index is -0.438. The quantitative estimate of drug-likeness (QED) is 0.785. The molecule has 0 saturated carbocycles. The molecule has 2 heterocycles. The monoisotopic (exact) mass is 328 g/mol. The lowest BCUT2D eigenvalue weighted by molar-refractivity contribution is -0.117. The molecule has 1 saturated heterocycles. The number of thiazole rings is 1. The molecule has 1 fully saturated rings. The molecule has 0 aliphatic carbocycles. The van der Waals surface area contributed by atoms with Crippen LogP contribution in [0.2, 0.25) is 0 Å². The number of esters is 1. The fourth-order valence-corrected chi connectivity index (χ4v) is 3.80. The van der Waals surface area contributed by atoms with Gasteiger partial charge in [-0.2, -0.15) is 0 Å². The number of aromatic nitrogens is 1. The van der Waals surface area contributed by atoms with Crippen LogP contribution >= 0.6 is 23.1 Å². The number of thioether (sulfide) groups is 1. The third-order valence-electron chi connectivity index (χ3n) is 3.11. The Hall–Kier alpha value is -1.41. The number of rotatable bonds is 4. The summed E-state index contributed by atoms with van der Waals surface area (Å²) in [5, 5.41) is 0.576. The van der Waals surface area contributed by atoms with Crippen LogP contribution in [0.4, 0.5) is 5.13 Å². The van der Waals surface area contributed by atoms with Crippen LogP contribution in [0, 0.1) is 12.8 Å². The second-order valence-corrected chi connectivity index (χ2v) is 6.95. The predicted octanol–water partition coefficient (Wildman–Crippen LogP) is 1.87. The molecule has 21 heavy (non-hydrogen) atoms. The number of hydrogen-bond donors (Lipinski definition) is 0. The molecule has 1 atom stereocenters. The average Bonchev–Trinajstić information content (AvgIpc) is 2.98. The first kappa shape index (κ1) is 16.0. The Morgan fingerprint density at radius 3 is 2.86 bits per heavy atom. The van der Waals surface area contributed by atoms with Gasteiger partial charge in [-0.25, -0.2) is 9.78 Å². The van der Waals surface area contributed by atoms with E-state index in [1.165, 1.54) is 37.1 Å². The van der Waals surface area contributed by atoms with E-state index in [0.29, 0.717) is 34.4 Å². The molecule has 1 aromatic rings. The molecule has 6 nitrogen and oxygen atoms in total. The molecule has 0 N–H and O–H groups in total. The van der Waals surface area contributed by atoms with E-state index >= 15 is 0 Å². The number of carbonyl (C=O) groups excluding carboxylic acids is 3. The summed E-state index contributed by atoms with van der Waals surface area (Å²) in [7, 11) is 1.32. The van der Waals surface area contributed by atoms with Gasteiger partial charge in [0.1, 0.15) is 4.88 Å². The van der Waals surface area contributed by atoms with Gasteiger partial charge in [0.25, 0.3) is 0 Å². The van der Waals surface area contributed by atoms with Crippen molar-refractivity contribution in [1.82, 2.24) is 4.98 Å². The zero-order valence-corrected chi connectivity index (χ0v) is 13.7. The predicted molar refractivity (Wildman–Crippen MR) is 81.8 cm³/mol. The Morgan fingerprint density at radius 2 is 2.24 bits per heavy atom. The minimum Gasteiger partial charge on any atom is -0.465 e. The van der Waals surface area contributed by atoms with Gasteiger partial charge in [-0.05, 0) is 12.8 Å². The Kier molecular flexibility index (Phi) is 5.00. The maximum absolute atomic E-state index is 12.1. The normalized spacial score (nSPS) is 18.1. The summed E-state index contributed by atoms with van der Waals surface area (Å²) >= 11 is 2.40. The fraction of sp³-hybridized carbons (Fsp3) is 0.538. The van der Waals surface area contributed by atoms with Crippen LogP contribution in [0.25, 0.3) is 0 Å². The van der Waals surface area contributed by atoms with Crippen LogP contribution in [0.3, 0.4) is 0 Å². The van der Waals surface area contributed by atoms with Crippen molar-refractivity contribution in [2.75, 3.05) is 24.3 Å².